The van der Waals surface area contributed by atoms with Gasteiger partial charge >= 0.3 is 5.69 Å². The predicted octanol–water partition coefficient (Wildman–Crippen LogP) is -0.930. The number of nitrogens with two attached hydrogens (primary N) is 1. The van der Waals surface area contributed by atoms with E-state index in [1.54, 1.807) is 0 Å². The number of hydrogen-bond acceptors (Lipinski definition) is 8. The summed E-state index contributed by atoms with van der Waals surface area (Å²) in [5.74, 6) is 0.488. The molecule has 1 fully saturated rings. The zero-order valence-corrected chi connectivity index (χ0v) is 15.9. The van der Waals surface area contributed by atoms with Gasteiger partial charge < -0.3 is 31.0 Å². The summed E-state index contributed by atoms with van der Waals surface area (Å²) in [6.45, 7) is -0.0230. The molecule has 2 aromatic heterocycles. The number of nitrogens with zero attached hydrogens (tertiary/aromatic N) is 3. The van der Waals surface area contributed by atoms with Gasteiger partial charge in [0.25, 0.3) is 0 Å². The van der Waals surface area contributed by atoms with Crippen LogP contribution in [0.1, 0.15) is 18.5 Å². The van der Waals surface area contributed by atoms with E-state index in [4.69, 9.17) is 10.5 Å². The van der Waals surface area contributed by atoms with Crippen LogP contribution in [-0.4, -0.2) is 60.5 Å². The highest BCUT2D eigenvalue weighted by Gasteiger charge is 2.44. The molecule has 1 aromatic carbocycles. The highest BCUT2D eigenvalue weighted by Crippen LogP contribution is 2.28. The van der Waals surface area contributed by atoms with Gasteiger partial charge in [0.05, 0.1) is 11.0 Å². The van der Waals surface area contributed by atoms with Gasteiger partial charge in [0, 0.05) is 25.6 Å². The highest BCUT2D eigenvalue weighted by atomic mass is 16.6. The molecule has 11 nitrogen and oxygen atoms in total. The molecular weight excluding hydrogens is 392 g/mol. The Labute approximate surface area is 170 Å². The standard InChI is InChI=1S/C19H22N6O5/c20-13-7-8-25(19(29)24-13)18-17(28)16(27)12(30-18)9-21-15(26)6-5-14-22-10-3-1-2-4-11(10)23-14/h1-4,7-8,12,16-18,27-28H,5-6,9H2,(H,21,26)(H,22,23)(H2,20,24,29)/t12-,16+,17+,18+/m0/s1. The number of carbonyl (C=O) groups excluding carboxylic acids is 1. The normalized spacial score (nSPS) is 23.7. The van der Waals surface area contributed by atoms with Crippen LogP contribution in [0.2, 0.25) is 0 Å². The molecule has 0 bridgehead atoms. The molecule has 158 valence electrons. The summed E-state index contributed by atoms with van der Waals surface area (Å²) in [5.41, 5.74) is 6.49. The SMILES string of the molecule is Nc1ccn([C@@H]2O[C@@H](CNC(=O)CCc3nc4ccccc4[nH]3)[C@@H](O)[C@H]2O)c(=O)n1. The smallest absolute Gasteiger partial charge is 0.351 e. The van der Waals surface area contributed by atoms with E-state index in [0.717, 1.165) is 15.6 Å². The summed E-state index contributed by atoms with van der Waals surface area (Å²) in [6, 6.07) is 8.98. The van der Waals surface area contributed by atoms with Crippen LogP contribution >= 0.6 is 0 Å². The van der Waals surface area contributed by atoms with Gasteiger partial charge in [-0.25, -0.2) is 9.78 Å². The van der Waals surface area contributed by atoms with E-state index in [1.165, 1.54) is 12.3 Å². The predicted molar refractivity (Wildman–Crippen MR) is 106 cm³/mol. The zero-order chi connectivity index (χ0) is 21.3. The number of H-pyrrole nitrogens is 1. The Morgan fingerprint density at radius 1 is 1.23 bits per heavy atom. The molecule has 4 atom stereocenters. The van der Waals surface area contributed by atoms with Crippen LogP contribution in [-0.2, 0) is 16.0 Å². The Morgan fingerprint density at radius 3 is 2.80 bits per heavy atom. The number of rotatable bonds is 6. The van der Waals surface area contributed by atoms with E-state index in [2.05, 4.69) is 20.3 Å². The number of aliphatic hydroxyl groups is 2. The highest BCUT2D eigenvalue weighted by molar-refractivity contribution is 5.77. The van der Waals surface area contributed by atoms with Gasteiger partial charge in [0.15, 0.2) is 6.23 Å². The number of aliphatic hydroxyl groups excluding tert-OH is 2. The fourth-order valence-corrected chi connectivity index (χ4v) is 3.41. The number of aryl methyl sites for hydroxylation is 1. The second-order valence-electron chi connectivity index (χ2n) is 7.09. The number of benzene rings is 1. The van der Waals surface area contributed by atoms with Crippen LogP contribution in [0.4, 0.5) is 5.82 Å². The first-order chi connectivity index (χ1) is 14.4. The molecule has 0 saturated carbocycles. The molecule has 1 saturated heterocycles. The Kier molecular flexibility index (Phi) is 5.48. The number of aromatic nitrogens is 4. The third-order valence-electron chi connectivity index (χ3n) is 4.99. The fraction of sp³-hybridized carbons (Fsp3) is 0.368. The van der Waals surface area contributed by atoms with Crippen molar-refractivity contribution in [2.45, 2.75) is 37.4 Å². The van der Waals surface area contributed by atoms with Crippen LogP contribution in [0.25, 0.3) is 11.0 Å². The molecule has 6 N–H and O–H groups in total. The van der Waals surface area contributed by atoms with E-state index in [0.29, 0.717) is 12.2 Å². The maximum Gasteiger partial charge on any atom is 0.351 e. The van der Waals surface area contributed by atoms with Crippen LogP contribution in [0.5, 0.6) is 0 Å². The number of anilines is 1. The lowest BCUT2D eigenvalue weighted by Crippen LogP contribution is -2.40. The molecule has 0 spiro atoms. The average Bonchev–Trinajstić information content (AvgIpc) is 3.26. The Hall–Kier alpha value is -3.28. The Bertz CT molecular complexity index is 1080. The van der Waals surface area contributed by atoms with Crippen LogP contribution < -0.4 is 16.7 Å². The van der Waals surface area contributed by atoms with Gasteiger partial charge in [0.2, 0.25) is 5.91 Å². The van der Waals surface area contributed by atoms with E-state index >= 15 is 0 Å². The second kappa shape index (κ2) is 8.22. The number of nitrogen functional groups attached to an aromatic ring is 1. The lowest BCUT2D eigenvalue weighted by atomic mass is 10.1. The largest absolute Gasteiger partial charge is 0.387 e. The van der Waals surface area contributed by atoms with Crippen molar-refractivity contribution in [3.63, 3.8) is 0 Å². The molecular formula is C19H22N6O5. The summed E-state index contributed by atoms with van der Waals surface area (Å²) >= 11 is 0. The topological polar surface area (TPSA) is 168 Å². The summed E-state index contributed by atoms with van der Waals surface area (Å²) in [4.78, 5) is 35.3. The molecule has 0 aliphatic carbocycles. The number of ether oxygens (including phenoxy) is 1. The van der Waals surface area contributed by atoms with Gasteiger partial charge in [0.1, 0.15) is 30.0 Å². The Morgan fingerprint density at radius 2 is 2.03 bits per heavy atom. The van der Waals surface area contributed by atoms with Crippen molar-refractivity contribution in [3.05, 3.63) is 52.8 Å². The van der Waals surface area contributed by atoms with Crippen molar-refractivity contribution >= 4 is 22.8 Å². The second-order valence-corrected chi connectivity index (χ2v) is 7.09. The summed E-state index contributed by atoms with van der Waals surface area (Å²) in [7, 11) is 0. The number of hydrogen-bond donors (Lipinski definition) is 5. The van der Waals surface area contributed by atoms with E-state index < -0.39 is 30.2 Å². The van der Waals surface area contributed by atoms with Gasteiger partial charge in [-0.05, 0) is 18.2 Å². The number of amides is 1. The number of nitrogens with one attached hydrogen (secondary N) is 2. The number of imidazole rings is 1. The fourth-order valence-electron chi connectivity index (χ4n) is 3.41. The van der Waals surface area contributed by atoms with Crippen molar-refractivity contribution in [1.82, 2.24) is 24.8 Å². The van der Waals surface area contributed by atoms with E-state index in [9.17, 15) is 19.8 Å². The first-order valence-corrected chi connectivity index (χ1v) is 9.49. The molecule has 0 unspecified atom stereocenters. The molecule has 4 rings (SSSR count). The number of para-hydroxylation sites is 2. The lowest BCUT2D eigenvalue weighted by Gasteiger charge is -2.17. The minimum absolute atomic E-state index is 0.0230. The third-order valence-corrected chi connectivity index (χ3v) is 4.99. The first-order valence-electron chi connectivity index (χ1n) is 9.49. The van der Waals surface area contributed by atoms with Crippen molar-refractivity contribution in [3.8, 4) is 0 Å². The van der Waals surface area contributed by atoms with Gasteiger partial charge in [-0.15, -0.1) is 0 Å². The third kappa shape index (κ3) is 4.03. The molecule has 30 heavy (non-hydrogen) atoms. The number of aromatic amines is 1. The molecule has 3 heterocycles. The first kappa shape index (κ1) is 20.0. The maximum absolute atomic E-state index is 12.2. The van der Waals surface area contributed by atoms with Crippen molar-refractivity contribution < 1.29 is 19.7 Å². The maximum atomic E-state index is 12.2. The van der Waals surface area contributed by atoms with Gasteiger partial charge in [-0.3, -0.25) is 9.36 Å². The number of carbonyl (C=O) groups is 1. The van der Waals surface area contributed by atoms with E-state index in [-0.39, 0.29) is 24.7 Å². The minimum Gasteiger partial charge on any atom is -0.387 e. The average molecular weight is 414 g/mol. The lowest BCUT2D eigenvalue weighted by molar-refractivity contribution is -0.122. The van der Waals surface area contributed by atoms with Crippen molar-refractivity contribution in [2.75, 3.05) is 12.3 Å². The molecule has 1 aliphatic heterocycles. The molecule has 3 aromatic rings. The van der Waals surface area contributed by atoms with E-state index in [1.807, 2.05) is 24.3 Å². The zero-order valence-electron chi connectivity index (χ0n) is 15.9. The van der Waals surface area contributed by atoms with Gasteiger partial charge in [-0.1, -0.05) is 12.1 Å². The number of fused-ring (bicyclic) bond motifs is 1. The summed E-state index contributed by atoms with van der Waals surface area (Å²) < 4.78 is 6.64. The minimum atomic E-state index is -1.36. The molecule has 11 heteroatoms. The Balaban J connectivity index is 1.31. The van der Waals surface area contributed by atoms with Crippen molar-refractivity contribution in [1.29, 1.82) is 0 Å². The van der Waals surface area contributed by atoms with Crippen molar-refractivity contribution in [2.24, 2.45) is 0 Å². The van der Waals surface area contributed by atoms with Crippen LogP contribution in [0, 0.1) is 0 Å². The molecule has 0 radical (unpaired) electrons. The quantitative estimate of drug-likeness (QED) is 0.345. The van der Waals surface area contributed by atoms with Crippen LogP contribution in [0.15, 0.2) is 41.3 Å². The van der Waals surface area contributed by atoms with Gasteiger partial charge in [-0.2, -0.15) is 4.98 Å². The summed E-state index contributed by atoms with van der Waals surface area (Å²) in [6.07, 6.45) is -2.70. The molecule has 1 aliphatic rings. The van der Waals surface area contributed by atoms with Crippen LogP contribution in [0.3, 0.4) is 0 Å². The molecule has 1 amide bonds. The summed E-state index contributed by atoms with van der Waals surface area (Å²) in [5, 5.41) is 23.2. The monoisotopic (exact) mass is 414 g/mol.